The van der Waals surface area contributed by atoms with Crippen molar-refractivity contribution in [3.63, 3.8) is 0 Å². The second kappa shape index (κ2) is 11.1. The number of pyridine rings is 1. The van der Waals surface area contributed by atoms with Gasteiger partial charge in [0.1, 0.15) is 5.82 Å². The summed E-state index contributed by atoms with van der Waals surface area (Å²) < 4.78 is 2.25. The van der Waals surface area contributed by atoms with Crippen molar-refractivity contribution in [1.29, 1.82) is 0 Å². The summed E-state index contributed by atoms with van der Waals surface area (Å²) in [6, 6.07) is 49.8. The van der Waals surface area contributed by atoms with Crippen molar-refractivity contribution in [1.82, 2.24) is 14.5 Å². The maximum atomic E-state index is 5.41. The van der Waals surface area contributed by atoms with Gasteiger partial charge >= 0.3 is 0 Å². The molecule has 0 radical (unpaired) electrons. The molecule has 10 rings (SSSR count). The fraction of sp³-hybridized carbons (Fsp3) is 0.0435. The fourth-order valence-corrected chi connectivity index (χ4v) is 7.75. The number of rotatable bonds is 4. The normalized spacial score (nSPS) is 16.3. The van der Waals surface area contributed by atoms with Gasteiger partial charge in [0, 0.05) is 45.0 Å². The van der Waals surface area contributed by atoms with Gasteiger partial charge in [-0.05, 0) is 46.3 Å². The van der Waals surface area contributed by atoms with Crippen molar-refractivity contribution in [2.24, 2.45) is 5.92 Å². The SMILES string of the molecule is C1=CC2C=Cc3c(nc4c(ccc5ccccc54)c3-c3ccc(-c4ccc(-c5nc6ccccc6n5-c5ccccc5)cc4)cc3)C2C=C1. The van der Waals surface area contributed by atoms with Gasteiger partial charge in [-0.15, -0.1) is 0 Å². The number of hydrogen-bond acceptors (Lipinski definition) is 2. The van der Waals surface area contributed by atoms with E-state index in [-0.39, 0.29) is 5.92 Å². The first-order valence-corrected chi connectivity index (χ1v) is 16.9. The lowest BCUT2D eigenvalue weighted by atomic mass is 9.77. The summed E-state index contributed by atoms with van der Waals surface area (Å²) in [6.07, 6.45) is 13.5. The van der Waals surface area contributed by atoms with Crippen molar-refractivity contribution in [3.8, 4) is 39.3 Å². The van der Waals surface area contributed by atoms with Gasteiger partial charge < -0.3 is 0 Å². The standard InChI is InChI=1S/C46H31N3/c1-2-12-36(13-3-1)49-42-17-9-8-16-41(42)47-46(49)35-24-20-31(21-25-35)30-18-22-34(23-19-30)43-39-28-26-32-10-4-6-14-37(32)44(39)48-45-38-15-7-5-11-33(38)27-29-40(43)45/h1-29,32,37H. The van der Waals surface area contributed by atoms with Crippen LogP contribution in [0, 0.1) is 5.92 Å². The van der Waals surface area contributed by atoms with Crippen molar-refractivity contribution in [2.75, 3.05) is 0 Å². The first-order chi connectivity index (χ1) is 24.3. The quantitative estimate of drug-likeness (QED) is 0.182. The first kappa shape index (κ1) is 27.8. The third kappa shape index (κ3) is 4.51. The minimum Gasteiger partial charge on any atom is -0.292 e. The minimum absolute atomic E-state index is 0.236. The van der Waals surface area contributed by atoms with E-state index >= 15 is 0 Å². The third-order valence-corrected chi connectivity index (χ3v) is 10.2. The number of aromatic nitrogens is 3. The van der Waals surface area contributed by atoms with E-state index in [9.17, 15) is 0 Å². The monoisotopic (exact) mass is 625 g/mol. The number of nitrogens with zero attached hydrogens (tertiary/aromatic N) is 3. The Morgan fingerprint density at radius 2 is 1.20 bits per heavy atom. The van der Waals surface area contributed by atoms with E-state index in [4.69, 9.17) is 9.97 Å². The molecule has 230 valence electrons. The summed E-state index contributed by atoms with van der Waals surface area (Å²) in [4.78, 5) is 10.5. The van der Waals surface area contributed by atoms with Gasteiger partial charge in [-0.2, -0.15) is 0 Å². The second-order valence-corrected chi connectivity index (χ2v) is 13.0. The van der Waals surface area contributed by atoms with E-state index in [1.165, 1.54) is 44.0 Å². The Morgan fingerprint density at radius 1 is 0.510 bits per heavy atom. The van der Waals surface area contributed by atoms with Gasteiger partial charge in [0.05, 0.1) is 22.2 Å². The van der Waals surface area contributed by atoms with Crippen LogP contribution in [0.15, 0.2) is 170 Å². The molecule has 0 N–H and O–H groups in total. The molecule has 0 saturated carbocycles. The molecule has 2 aromatic heterocycles. The van der Waals surface area contributed by atoms with E-state index in [2.05, 4.69) is 168 Å². The molecule has 2 unspecified atom stereocenters. The molecule has 2 atom stereocenters. The molecule has 0 amide bonds. The van der Waals surface area contributed by atoms with Crippen molar-refractivity contribution in [2.45, 2.75) is 5.92 Å². The Hall–Kier alpha value is -6.32. The predicted molar refractivity (Wildman–Crippen MR) is 204 cm³/mol. The van der Waals surface area contributed by atoms with E-state index in [0.717, 1.165) is 39.3 Å². The van der Waals surface area contributed by atoms with Crippen molar-refractivity contribution in [3.05, 3.63) is 181 Å². The van der Waals surface area contributed by atoms with Crippen LogP contribution in [0.1, 0.15) is 17.2 Å². The van der Waals surface area contributed by atoms with Gasteiger partial charge in [0.2, 0.25) is 0 Å². The zero-order valence-electron chi connectivity index (χ0n) is 26.7. The molecule has 2 aliphatic rings. The van der Waals surface area contributed by atoms with Gasteiger partial charge in [0.25, 0.3) is 0 Å². The summed E-state index contributed by atoms with van der Waals surface area (Å²) in [5.41, 5.74) is 12.5. The van der Waals surface area contributed by atoms with Crippen LogP contribution >= 0.6 is 0 Å². The molecule has 6 aromatic carbocycles. The number of allylic oxidation sites excluding steroid dienone is 5. The average molecular weight is 626 g/mol. The van der Waals surface area contributed by atoms with Crippen LogP contribution < -0.4 is 0 Å². The smallest absolute Gasteiger partial charge is 0.145 e. The highest BCUT2D eigenvalue weighted by atomic mass is 15.1. The molecular weight excluding hydrogens is 595 g/mol. The Kier molecular flexibility index (Phi) is 6.31. The van der Waals surface area contributed by atoms with Gasteiger partial charge in [-0.1, -0.05) is 152 Å². The number of fused-ring (bicyclic) bond motifs is 7. The molecule has 0 saturated heterocycles. The lowest BCUT2D eigenvalue weighted by Gasteiger charge is -2.29. The predicted octanol–water partition coefficient (Wildman–Crippen LogP) is 11.6. The highest BCUT2D eigenvalue weighted by Crippen LogP contribution is 2.45. The van der Waals surface area contributed by atoms with Gasteiger partial charge in [-0.3, -0.25) is 9.55 Å². The molecule has 0 fully saturated rings. The van der Waals surface area contributed by atoms with Crippen LogP contribution in [0.25, 0.3) is 78.1 Å². The van der Waals surface area contributed by atoms with E-state index in [1.807, 2.05) is 12.1 Å². The molecule has 2 heterocycles. The summed E-state index contributed by atoms with van der Waals surface area (Å²) in [7, 11) is 0. The van der Waals surface area contributed by atoms with Crippen LogP contribution in [0.3, 0.4) is 0 Å². The molecule has 3 heteroatoms. The summed E-state index contributed by atoms with van der Waals surface area (Å²) >= 11 is 0. The molecular formula is C46H31N3. The van der Waals surface area contributed by atoms with Crippen LogP contribution in [-0.2, 0) is 0 Å². The van der Waals surface area contributed by atoms with Gasteiger partial charge in [-0.25, -0.2) is 4.98 Å². The van der Waals surface area contributed by atoms with Crippen LogP contribution in [0.5, 0.6) is 0 Å². The maximum absolute atomic E-state index is 5.41. The topological polar surface area (TPSA) is 30.7 Å². The molecule has 8 aromatic rings. The summed E-state index contributed by atoms with van der Waals surface area (Å²) in [5, 5.41) is 3.60. The molecule has 3 nitrogen and oxygen atoms in total. The van der Waals surface area contributed by atoms with E-state index in [0.29, 0.717) is 5.92 Å². The molecule has 49 heavy (non-hydrogen) atoms. The van der Waals surface area contributed by atoms with Crippen LogP contribution in [0.4, 0.5) is 0 Å². The number of imidazole rings is 1. The Morgan fingerprint density at radius 3 is 2.04 bits per heavy atom. The zero-order valence-corrected chi connectivity index (χ0v) is 26.7. The van der Waals surface area contributed by atoms with E-state index in [1.54, 1.807) is 0 Å². The lowest BCUT2D eigenvalue weighted by Crippen LogP contribution is -2.16. The largest absolute Gasteiger partial charge is 0.292 e. The summed E-state index contributed by atoms with van der Waals surface area (Å²) in [6.45, 7) is 0. The molecule has 0 spiro atoms. The second-order valence-electron chi connectivity index (χ2n) is 13.0. The van der Waals surface area contributed by atoms with E-state index < -0.39 is 0 Å². The number of hydrogen-bond donors (Lipinski definition) is 0. The zero-order chi connectivity index (χ0) is 32.3. The fourth-order valence-electron chi connectivity index (χ4n) is 7.75. The lowest BCUT2D eigenvalue weighted by molar-refractivity contribution is 0.674. The van der Waals surface area contributed by atoms with Crippen LogP contribution in [0.2, 0.25) is 0 Å². The Labute approximate surface area is 284 Å². The Bertz CT molecular complexity index is 2640. The molecule has 0 bridgehead atoms. The van der Waals surface area contributed by atoms with Crippen molar-refractivity contribution < 1.29 is 0 Å². The summed E-state index contributed by atoms with van der Waals surface area (Å²) in [5.74, 6) is 1.51. The third-order valence-electron chi connectivity index (χ3n) is 10.2. The first-order valence-electron chi connectivity index (χ1n) is 16.9. The number of para-hydroxylation sites is 3. The van der Waals surface area contributed by atoms with Crippen molar-refractivity contribution >= 4 is 38.8 Å². The number of benzene rings is 6. The highest BCUT2D eigenvalue weighted by molar-refractivity contribution is 6.12. The minimum atomic E-state index is 0.236. The highest BCUT2D eigenvalue weighted by Gasteiger charge is 2.29. The molecule has 2 aliphatic carbocycles. The average Bonchev–Trinajstić information content (AvgIpc) is 3.57. The Balaban J connectivity index is 1.06. The van der Waals surface area contributed by atoms with Crippen LogP contribution in [-0.4, -0.2) is 14.5 Å². The molecule has 0 aliphatic heterocycles. The maximum Gasteiger partial charge on any atom is 0.145 e. The van der Waals surface area contributed by atoms with Gasteiger partial charge in [0.15, 0.2) is 0 Å².